The fourth-order valence-corrected chi connectivity index (χ4v) is 3.82. The molecule has 7 nitrogen and oxygen atoms in total. The second-order valence-corrected chi connectivity index (χ2v) is 8.40. The number of aromatic nitrogens is 1. The summed E-state index contributed by atoms with van der Waals surface area (Å²) in [6.45, 7) is 11.1. The second kappa shape index (κ2) is 13.5. The number of carbonyl (C=O) groups excluding carboxylic acids is 1. The average molecular weight is 560 g/mol. The molecule has 2 rings (SSSR count). The third-order valence-corrected chi connectivity index (χ3v) is 5.96. The van der Waals surface area contributed by atoms with Crippen LogP contribution >= 0.6 is 35.3 Å². The van der Waals surface area contributed by atoms with Crippen molar-refractivity contribution in [1.82, 2.24) is 15.6 Å². The summed E-state index contributed by atoms with van der Waals surface area (Å²) in [4.78, 5) is 21.5. The first kappa shape index (κ1) is 27.2. The number of guanidine groups is 1. The number of para-hydroxylation sites is 1. The fraction of sp³-hybridized carbons (Fsp3) is 0.500. The highest BCUT2D eigenvalue weighted by atomic mass is 127. The van der Waals surface area contributed by atoms with Crippen LogP contribution in [0.15, 0.2) is 35.3 Å². The summed E-state index contributed by atoms with van der Waals surface area (Å²) >= 11 is 1.36. The van der Waals surface area contributed by atoms with Gasteiger partial charge in [-0.05, 0) is 38.8 Å². The van der Waals surface area contributed by atoms with Crippen molar-refractivity contribution in [2.75, 3.05) is 25.5 Å². The monoisotopic (exact) mass is 559 g/mol. The maximum Gasteiger partial charge on any atom is 0.350 e. The van der Waals surface area contributed by atoms with Gasteiger partial charge in [0.15, 0.2) is 5.96 Å². The molecule has 1 aromatic carbocycles. The van der Waals surface area contributed by atoms with Gasteiger partial charge in [-0.25, -0.2) is 9.78 Å². The fourth-order valence-electron chi connectivity index (χ4n) is 2.86. The number of halogens is 1. The molecule has 0 spiro atoms. The smallest absolute Gasteiger partial charge is 0.350 e. The van der Waals surface area contributed by atoms with E-state index in [1.54, 1.807) is 14.0 Å². The van der Waals surface area contributed by atoms with E-state index in [0.29, 0.717) is 35.6 Å². The Balaban J connectivity index is 0.00000480. The van der Waals surface area contributed by atoms with Crippen molar-refractivity contribution in [3.05, 3.63) is 45.9 Å². The Morgan fingerprint density at radius 1 is 1.23 bits per heavy atom. The van der Waals surface area contributed by atoms with Crippen LogP contribution in [0.4, 0.5) is 5.69 Å². The Kier molecular flexibility index (Phi) is 11.8. The summed E-state index contributed by atoms with van der Waals surface area (Å²) in [7, 11) is 1.74. The van der Waals surface area contributed by atoms with Crippen LogP contribution < -0.4 is 16.0 Å². The molecule has 0 amide bonds. The van der Waals surface area contributed by atoms with E-state index in [1.807, 2.05) is 32.0 Å². The van der Waals surface area contributed by atoms with Gasteiger partial charge in [0, 0.05) is 25.3 Å². The van der Waals surface area contributed by atoms with E-state index in [2.05, 4.69) is 51.9 Å². The normalized spacial score (nSPS) is 13.2. The Morgan fingerprint density at radius 2 is 1.90 bits per heavy atom. The molecular weight excluding hydrogens is 525 g/mol. The van der Waals surface area contributed by atoms with Crippen LogP contribution in [0, 0.1) is 12.8 Å². The van der Waals surface area contributed by atoms with Crippen LogP contribution in [0.2, 0.25) is 0 Å². The van der Waals surface area contributed by atoms with Gasteiger partial charge in [0.1, 0.15) is 9.88 Å². The zero-order valence-corrected chi connectivity index (χ0v) is 22.2. The summed E-state index contributed by atoms with van der Waals surface area (Å²) < 4.78 is 5.11. The number of nitrogens with zero attached hydrogens (tertiary/aromatic N) is 2. The number of nitrogens with one attached hydrogen (secondary N) is 3. The molecule has 2 aromatic rings. The van der Waals surface area contributed by atoms with Gasteiger partial charge >= 0.3 is 5.97 Å². The Labute approximate surface area is 206 Å². The Hall–Kier alpha value is -1.88. The highest BCUT2D eigenvalue weighted by molar-refractivity contribution is 14.0. The summed E-state index contributed by atoms with van der Waals surface area (Å²) in [5, 5.41) is 11.1. The summed E-state index contributed by atoms with van der Waals surface area (Å²) in [5.41, 5.74) is 1.79. The van der Waals surface area contributed by atoms with Crippen molar-refractivity contribution >= 4 is 52.9 Å². The number of benzene rings is 1. The van der Waals surface area contributed by atoms with Crippen LogP contribution in [-0.4, -0.2) is 43.2 Å². The molecule has 0 saturated carbocycles. The molecular formula is C22H34IN5O2S. The lowest BCUT2D eigenvalue weighted by Crippen LogP contribution is -2.45. The number of hydrogen-bond acceptors (Lipinski definition) is 6. The van der Waals surface area contributed by atoms with Gasteiger partial charge in [0.25, 0.3) is 0 Å². The lowest BCUT2D eigenvalue weighted by molar-refractivity contribution is 0.0531. The number of rotatable bonds is 9. The van der Waals surface area contributed by atoms with E-state index >= 15 is 0 Å². The van der Waals surface area contributed by atoms with E-state index in [1.165, 1.54) is 11.3 Å². The van der Waals surface area contributed by atoms with Crippen LogP contribution in [0.1, 0.15) is 54.1 Å². The van der Waals surface area contributed by atoms with E-state index in [0.717, 1.165) is 10.7 Å². The van der Waals surface area contributed by atoms with Crippen molar-refractivity contribution in [1.29, 1.82) is 0 Å². The van der Waals surface area contributed by atoms with Crippen molar-refractivity contribution in [2.45, 2.75) is 46.7 Å². The minimum atomic E-state index is -0.319. The number of aryl methyl sites for hydroxylation is 1. The van der Waals surface area contributed by atoms with Crippen molar-refractivity contribution in [2.24, 2.45) is 10.9 Å². The van der Waals surface area contributed by atoms with Gasteiger partial charge in [-0.15, -0.1) is 35.3 Å². The molecule has 1 aromatic heterocycles. The molecule has 0 bridgehead atoms. The third-order valence-electron chi connectivity index (χ3n) is 4.64. The average Bonchev–Trinajstić information content (AvgIpc) is 3.12. The van der Waals surface area contributed by atoms with E-state index in [9.17, 15) is 4.79 Å². The van der Waals surface area contributed by atoms with Crippen LogP contribution in [0.3, 0.4) is 0 Å². The predicted octanol–water partition coefficient (Wildman–Crippen LogP) is 4.61. The van der Waals surface area contributed by atoms with Gasteiger partial charge in [-0.1, -0.05) is 32.0 Å². The number of thiazole rings is 1. The van der Waals surface area contributed by atoms with Crippen molar-refractivity contribution in [3.8, 4) is 0 Å². The SMILES string of the molecule is CCOC(=O)c1sc(C(C)NC(=NC)NCC(Nc2ccccc2)C(C)C)nc1C.I. The summed E-state index contributed by atoms with van der Waals surface area (Å²) in [5.74, 6) is 0.802. The topological polar surface area (TPSA) is 87.6 Å². The number of esters is 1. The van der Waals surface area contributed by atoms with Crippen LogP contribution in [0.5, 0.6) is 0 Å². The van der Waals surface area contributed by atoms with Gasteiger partial charge in [0.05, 0.1) is 18.3 Å². The Bertz CT molecular complexity index is 842. The molecule has 0 aliphatic rings. The van der Waals surface area contributed by atoms with Crippen molar-refractivity contribution < 1.29 is 9.53 Å². The molecule has 2 atom stereocenters. The molecule has 0 radical (unpaired) electrons. The quantitative estimate of drug-likeness (QED) is 0.180. The summed E-state index contributed by atoms with van der Waals surface area (Å²) in [6, 6.07) is 10.3. The Morgan fingerprint density at radius 3 is 2.48 bits per heavy atom. The standard InChI is InChI=1S/C22H33N5O2S.HI/c1-7-29-21(28)19-15(4)25-20(30-19)16(5)26-22(23-6)24-13-18(14(2)3)27-17-11-9-8-10-12-17;/h8-12,14,16,18,27H,7,13H2,1-6H3,(H2,23,24,26);1H. The molecule has 31 heavy (non-hydrogen) atoms. The molecule has 0 fully saturated rings. The molecule has 0 aliphatic heterocycles. The molecule has 9 heteroatoms. The zero-order valence-electron chi connectivity index (χ0n) is 19.1. The lowest BCUT2D eigenvalue weighted by atomic mass is 10.0. The first-order valence-electron chi connectivity index (χ1n) is 10.3. The number of carbonyl (C=O) groups is 1. The molecule has 3 N–H and O–H groups in total. The maximum absolute atomic E-state index is 12.1. The highest BCUT2D eigenvalue weighted by Crippen LogP contribution is 2.24. The van der Waals surface area contributed by atoms with Gasteiger partial charge in [-0.3, -0.25) is 4.99 Å². The molecule has 1 heterocycles. The molecule has 0 saturated heterocycles. The highest BCUT2D eigenvalue weighted by Gasteiger charge is 2.20. The van der Waals surface area contributed by atoms with Gasteiger partial charge in [-0.2, -0.15) is 0 Å². The second-order valence-electron chi connectivity index (χ2n) is 7.37. The maximum atomic E-state index is 12.1. The minimum absolute atomic E-state index is 0. The molecule has 0 aliphatic carbocycles. The van der Waals surface area contributed by atoms with E-state index in [-0.39, 0.29) is 42.0 Å². The number of aliphatic imine (C=N–C) groups is 1. The summed E-state index contributed by atoms with van der Waals surface area (Å²) in [6.07, 6.45) is 0. The number of ether oxygens (including phenoxy) is 1. The third kappa shape index (κ3) is 8.29. The van der Waals surface area contributed by atoms with E-state index in [4.69, 9.17) is 4.74 Å². The first-order valence-corrected chi connectivity index (χ1v) is 11.1. The predicted molar refractivity (Wildman–Crippen MR) is 140 cm³/mol. The first-order chi connectivity index (χ1) is 14.3. The van der Waals surface area contributed by atoms with E-state index < -0.39 is 0 Å². The minimum Gasteiger partial charge on any atom is -0.462 e. The van der Waals surface area contributed by atoms with Crippen molar-refractivity contribution in [3.63, 3.8) is 0 Å². The number of anilines is 1. The lowest BCUT2D eigenvalue weighted by Gasteiger charge is -2.25. The molecule has 172 valence electrons. The molecule has 2 unspecified atom stereocenters. The van der Waals surface area contributed by atoms with Gasteiger partial charge in [0.2, 0.25) is 0 Å². The van der Waals surface area contributed by atoms with Gasteiger partial charge < -0.3 is 20.7 Å². The zero-order chi connectivity index (χ0) is 22.1. The van der Waals surface area contributed by atoms with Crippen LogP contribution in [-0.2, 0) is 4.74 Å². The van der Waals surface area contributed by atoms with Crippen LogP contribution in [0.25, 0.3) is 0 Å². The largest absolute Gasteiger partial charge is 0.462 e. The number of hydrogen-bond donors (Lipinski definition) is 3.